The van der Waals surface area contributed by atoms with Gasteiger partial charge in [-0.2, -0.15) is 4.99 Å². The Morgan fingerprint density at radius 1 is 0.688 bits per heavy atom. The van der Waals surface area contributed by atoms with Crippen molar-refractivity contribution in [3.63, 3.8) is 0 Å². The Bertz CT molecular complexity index is 1750. The van der Waals surface area contributed by atoms with E-state index in [4.69, 9.17) is 57.6 Å². The van der Waals surface area contributed by atoms with Crippen LogP contribution in [0.15, 0.2) is 22.4 Å². The van der Waals surface area contributed by atoms with Crippen LogP contribution in [-0.2, 0) is 0 Å². The van der Waals surface area contributed by atoms with Gasteiger partial charge in [0.15, 0.2) is 50.9 Å². The third-order valence-corrected chi connectivity index (χ3v) is 6.44. The second-order valence-electron chi connectivity index (χ2n) is 9.51. The summed E-state index contributed by atoms with van der Waals surface area (Å²) in [6.45, 7) is 0.703. The minimum Gasteiger partial charge on any atom is -0.387 e. The quantitative estimate of drug-likeness (QED) is 0.0564. The van der Waals surface area contributed by atoms with Gasteiger partial charge in [0.05, 0.1) is 12.4 Å². The first-order valence-electron chi connectivity index (χ1n) is 13.8. The average Bonchev–Trinajstić information content (AvgIpc) is 3.04. The predicted molar refractivity (Wildman–Crippen MR) is 177 cm³/mol. The van der Waals surface area contributed by atoms with E-state index in [1.807, 2.05) is 0 Å². The highest BCUT2D eigenvalue weighted by molar-refractivity contribution is 6.32. The molecule has 48 heavy (non-hydrogen) atoms. The van der Waals surface area contributed by atoms with E-state index >= 15 is 0 Å². The summed E-state index contributed by atoms with van der Waals surface area (Å²) < 4.78 is 0. The molecule has 0 aliphatic heterocycles. The van der Waals surface area contributed by atoms with Gasteiger partial charge in [-0.1, -0.05) is 23.2 Å². The zero-order valence-corrected chi connectivity index (χ0v) is 26.5. The number of guanidine groups is 1. The van der Waals surface area contributed by atoms with Crippen LogP contribution in [0.25, 0.3) is 0 Å². The highest BCUT2D eigenvalue weighted by Crippen LogP contribution is 2.18. The number of nitrogen functional groups attached to an aromatic ring is 4. The van der Waals surface area contributed by atoms with Crippen LogP contribution in [0.4, 0.5) is 23.3 Å². The first-order chi connectivity index (χ1) is 22.8. The molecule has 15 N–H and O–H groups in total. The number of unbranched alkanes of at least 4 members (excludes halogenated alkanes) is 1. The number of amidine groups is 1. The number of hydrogen-bond acceptors (Lipinski definition) is 15. The van der Waals surface area contributed by atoms with E-state index in [1.54, 1.807) is 0 Å². The minimum atomic E-state index is -0.842. The molecule has 0 saturated carbocycles. The molecule has 0 saturated heterocycles. The number of aliphatic imine (C=N–C) groups is 2. The van der Waals surface area contributed by atoms with E-state index in [0.717, 1.165) is 12.4 Å². The molecule has 0 aliphatic rings. The third kappa shape index (κ3) is 10.6. The van der Waals surface area contributed by atoms with E-state index in [1.165, 1.54) is 0 Å². The number of carbonyl (C=O) groups is 4. The average molecular weight is 705 g/mol. The van der Waals surface area contributed by atoms with Gasteiger partial charge in [0.25, 0.3) is 17.7 Å². The standard InChI is InChI=1S/C25H31Cl2N17O4/c26-15-19(31)42-17(29)13(40-15)23(47)39-12(28)4-3-7-35-22(46)11-9-37-10(8-38-11)21(45)34-5-1-2-6-36-25(33)44-24(48)14-18(30)43-20(32)16(27)41-14/h8-9H,1-7H2,(H,34,45)(H,35,46)(H2,28,39,47)(H4,29,31,42)(H4,30,32,43)(H3,33,36,44,48). The SMILES string of the molecule is NC(CCCNC(=O)c1cnc(C(=O)NCCCCN=C(N)NC(=O)c2nc(Cl)c(N)nc2N)cn1)=NC(=O)c1nc(Cl)c(N)nc1N. The fourth-order valence-corrected chi connectivity index (χ4v) is 3.77. The summed E-state index contributed by atoms with van der Waals surface area (Å²) in [5.74, 6) is -3.54. The van der Waals surface area contributed by atoms with Crippen molar-refractivity contribution in [2.24, 2.45) is 21.5 Å². The predicted octanol–water partition coefficient (Wildman–Crippen LogP) is -1.35. The van der Waals surface area contributed by atoms with Crippen LogP contribution in [-0.4, -0.2) is 85.0 Å². The van der Waals surface area contributed by atoms with Crippen molar-refractivity contribution in [2.75, 3.05) is 42.6 Å². The number of nitrogens with one attached hydrogen (secondary N) is 3. The van der Waals surface area contributed by atoms with Gasteiger partial charge < -0.3 is 45.0 Å². The second-order valence-corrected chi connectivity index (χ2v) is 10.2. The van der Waals surface area contributed by atoms with Crippen molar-refractivity contribution in [3.8, 4) is 0 Å². The Morgan fingerprint density at radius 2 is 1.21 bits per heavy atom. The van der Waals surface area contributed by atoms with Crippen molar-refractivity contribution >= 4 is 81.9 Å². The van der Waals surface area contributed by atoms with E-state index in [2.05, 4.69) is 55.8 Å². The molecule has 0 radical (unpaired) electrons. The van der Waals surface area contributed by atoms with Crippen LogP contribution in [0.1, 0.15) is 67.6 Å². The number of anilines is 4. The summed E-state index contributed by atoms with van der Waals surface area (Å²) in [4.78, 5) is 79.9. The van der Waals surface area contributed by atoms with Crippen LogP contribution in [0.2, 0.25) is 10.3 Å². The molecule has 0 unspecified atom stereocenters. The smallest absolute Gasteiger partial charge is 0.301 e. The molecule has 3 rings (SSSR count). The number of halogens is 2. The molecule has 0 aliphatic carbocycles. The monoisotopic (exact) mass is 703 g/mol. The van der Waals surface area contributed by atoms with Gasteiger partial charge in [0.2, 0.25) is 0 Å². The summed E-state index contributed by atoms with van der Waals surface area (Å²) in [6, 6.07) is 0. The highest BCUT2D eigenvalue weighted by Gasteiger charge is 2.18. The molecule has 0 spiro atoms. The zero-order valence-electron chi connectivity index (χ0n) is 25.0. The first kappa shape index (κ1) is 36.5. The van der Waals surface area contributed by atoms with Crippen LogP contribution < -0.4 is 50.4 Å². The molecular weight excluding hydrogens is 673 g/mol. The molecule has 0 bridgehead atoms. The van der Waals surface area contributed by atoms with Crippen molar-refractivity contribution in [2.45, 2.75) is 25.7 Å². The summed E-state index contributed by atoms with van der Waals surface area (Å²) in [5.41, 5.74) is 33.2. The van der Waals surface area contributed by atoms with E-state index in [-0.39, 0.29) is 94.2 Å². The van der Waals surface area contributed by atoms with Crippen molar-refractivity contribution in [1.29, 1.82) is 0 Å². The molecule has 21 nitrogen and oxygen atoms in total. The molecule has 23 heteroatoms. The molecule has 0 atom stereocenters. The minimum absolute atomic E-state index is 0.00282. The molecule has 0 aromatic carbocycles. The van der Waals surface area contributed by atoms with Gasteiger partial charge in [0.1, 0.15) is 17.2 Å². The van der Waals surface area contributed by atoms with Crippen LogP contribution >= 0.6 is 23.2 Å². The number of rotatable bonds is 13. The Labute approximate surface area is 281 Å². The maximum absolute atomic E-state index is 12.4. The number of aromatic nitrogens is 6. The summed E-state index contributed by atoms with van der Waals surface area (Å²) in [6.07, 6.45) is 3.86. The normalized spacial score (nSPS) is 11.5. The highest BCUT2D eigenvalue weighted by atomic mass is 35.5. The Balaban J connectivity index is 1.34. The van der Waals surface area contributed by atoms with Gasteiger partial charge in [-0.05, 0) is 19.3 Å². The van der Waals surface area contributed by atoms with E-state index in [0.29, 0.717) is 19.3 Å². The Kier molecular flexibility index (Phi) is 13.0. The van der Waals surface area contributed by atoms with Crippen LogP contribution in [0, 0.1) is 0 Å². The van der Waals surface area contributed by atoms with Gasteiger partial charge in [-0.25, -0.2) is 29.9 Å². The molecule has 254 valence electrons. The van der Waals surface area contributed by atoms with Gasteiger partial charge in [-0.15, -0.1) is 0 Å². The number of hydrogen-bond donors (Lipinski definition) is 9. The van der Waals surface area contributed by atoms with Crippen molar-refractivity contribution in [1.82, 2.24) is 45.9 Å². The van der Waals surface area contributed by atoms with Crippen molar-refractivity contribution < 1.29 is 19.2 Å². The lowest BCUT2D eigenvalue weighted by molar-refractivity contribution is 0.0933. The Hall–Kier alpha value is -5.96. The summed E-state index contributed by atoms with van der Waals surface area (Å²) in [5, 5.41) is 7.24. The summed E-state index contributed by atoms with van der Waals surface area (Å²) in [7, 11) is 0. The fourth-order valence-electron chi connectivity index (χ4n) is 3.52. The second kappa shape index (κ2) is 17.1. The van der Waals surface area contributed by atoms with E-state index < -0.39 is 23.6 Å². The number of nitrogens with zero attached hydrogens (tertiary/aromatic N) is 8. The molecule has 3 heterocycles. The molecule has 0 fully saturated rings. The lowest BCUT2D eigenvalue weighted by Gasteiger charge is -2.07. The maximum atomic E-state index is 12.4. The first-order valence-corrected chi connectivity index (χ1v) is 14.6. The molecular formula is C25H31Cl2N17O4. The lowest BCUT2D eigenvalue weighted by Crippen LogP contribution is -2.38. The molecule has 3 aromatic heterocycles. The van der Waals surface area contributed by atoms with Gasteiger partial charge in [-0.3, -0.25) is 29.5 Å². The fraction of sp³-hybridized carbons (Fsp3) is 0.280. The topological polar surface area (TPSA) is 363 Å². The van der Waals surface area contributed by atoms with Crippen molar-refractivity contribution in [3.05, 3.63) is 45.5 Å². The zero-order chi connectivity index (χ0) is 35.4. The van der Waals surface area contributed by atoms with Gasteiger partial charge in [0, 0.05) is 26.1 Å². The third-order valence-electron chi connectivity index (χ3n) is 5.88. The number of nitrogens with two attached hydrogens (primary N) is 6. The number of carbonyl (C=O) groups excluding carboxylic acids is 4. The van der Waals surface area contributed by atoms with Crippen LogP contribution in [0.5, 0.6) is 0 Å². The van der Waals surface area contributed by atoms with Crippen LogP contribution in [0.3, 0.4) is 0 Å². The largest absolute Gasteiger partial charge is 0.387 e. The summed E-state index contributed by atoms with van der Waals surface area (Å²) >= 11 is 11.5. The van der Waals surface area contributed by atoms with E-state index in [9.17, 15) is 19.2 Å². The lowest BCUT2D eigenvalue weighted by atomic mass is 10.2. The molecule has 4 amide bonds. The molecule has 3 aromatic rings. The Morgan fingerprint density at radius 3 is 1.77 bits per heavy atom. The number of amides is 4. The maximum Gasteiger partial charge on any atom is 0.301 e. The van der Waals surface area contributed by atoms with Gasteiger partial charge >= 0.3 is 5.91 Å².